The summed E-state index contributed by atoms with van der Waals surface area (Å²) in [6.45, 7) is 0.834. The second-order valence-electron chi connectivity index (χ2n) is 6.16. The minimum atomic E-state index is -0.433. The molecule has 0 saturated carbocycles. The molecule has 0 bridgehead atoms. The highest BCUT2D eigenvalue weighted by Gasteiger charge is 2.39. The number of nitrogens with one attached hydrogen (secondary N) is 1. The Balaban J connectivity index is 1.54. The average molecular weight is 456 g/mol. The molecule has 4 unspecified atom stereocenters. The van der Waals surface area contributed by atoms with E-state index < -0.39 is 12.0 Å². The van der Waals surface area contributed by atoms with Crippen molar-refractivity contribution >= 4 is 22.6 Å². The van der Waals surface area contributed by atoms with Gasteiger partial charge >= 0.3 is 5.69 Å². The molecule has 1 N–H and O–H groups in total. The number of hydrogen-bond donors (Lipinski definition) is 1. The number of benzene rings is 1. The third kappa shape index (κ3) is 3.43. The molecule has 0 radical (unpaired) electrons. The van der Waals surface area contributed by atoms with Crippen LogP contribution in [0.4, 0.5) is 0 Å². The zero-order valence-corrected chi connectivity index (χ0v) is 15.4. The lowest BCUT2D eigenvalue weighted by Crippen LogP contribution is -2.49. The highest BCUT2D eigenvalue weighted by molar-refractivity contribution is 14.1. The van der Waals surface area contributed by atoms with E-state index in [1.54, 1.807) is 6.20 Å². The smallest absolute Gasteiger partial charge is 0.328 e. The van der Waals surface area contributed by atoms with Crippen LogP contribution in [-0.2, 0) is 14.2 Å². The summed E-state index contributed by atoms with van der Waals surface area (Å²) in [4.78, 5) is 26.0. The molecule has 2 aliphatic rings. The fraction of sp³-hybridized carbons (Fsp3) is 0.412. The zero-order chi connectivity index (χ0) is 17.4. The number of rotatable bonds is 2. The monoisotopic (exact) mass is 456 g/mol. The summed E-state index contributed by atoms with van der Waals surface area (Å²) in [6.07, 6.45) is 1.45. The molecule has 2 aliphatic heterocycles. The Morgan fingerprint density at radius 1 is 1.08 bits per heavy atom. The number of hydrogen-bond acceptors (Lipinski definition) is 5. The number of halogens is 1. The summed E-state index contributed by atoms with van der Waals surface area (Å²) in [5, 5.41) is 0. The van der Waals surface area contributed by atoms with Gasteiger partial charge in [-0.3, -0.25) is 14.3 Å². The third-order valence-electron chi connectivity index (χ3n) is 4.52. The molecule has 2 saturated heterocycles. The molecule has 0 aliphatic carbocycles. The van der Waals surface area contributed by atoms with Gasteiger partial charge in [0.2, 0.25) is 0 Å². The highest BCUT2D eigenvalue weighted by atomic mass is 127. The van der Waals surface area contributed by atoms with Crippen molar-refractivity contribution in [2.24, 2.45) is 0 Å². The van der Waals surface area contributed by atoms with E-state index in [9.17, 15) is 9.59 Å². The van der Waals surface area contributed by atoms with Gasteiger partial charge in [-0.15, -0.1) is 0 Å². The maximum Gasteiger partial charge on any atom is 0.328 e. The summed E-state index contributed by atoms with van der Waals surface area (Å²) in [6, 6.07) is 9.56. The van der Waals surface area contributed by atoms with Crippen LogP contribution >= 0.6 is 22.6 Å². The second kappa shape index (κ2) is 7.02. The molecule has 25 heavy (non-hydrogen) atoms. The van der Waals surface area contributed by atoms with Crippen molar-refractivity contribution < 1.29 is 14.2 Å². The Labute approximate surface area is 157 Å². The van der Waals surface area contributed by atoms with Crippen LogP contribution < -0.4 is 11.2 Å². The fourth-order valence-electron chi connectivity index (χ4n) is 3.22. The number of aromatic amines is 1. The van der Waals surface area contributed by atoms with E-state index in [4.69, 9.17) is 14.2 Å². The largest absolute Gasteiger partial charge is 0.371 e. The molecule has 0 amide bonds. The van der Waals surface area contributed by atoms with Crippen LogP contribution in [0.3, 0.4) is 0 Å². The molecule has 1 aromatic carbocycles. The lowest BCUT2D eigenvalue weighted by atomic mass is 10.0. The number of aromatic nitrogens is 2. The van der Waals surface area contributed by atoms with Gasteiger partial charge in [-0.25, -0.2) is 4.79 Å². The van der Waals surface area contributed by atoms with Crippen LogP contribution in [0.5, 0.6) is 0 Å². The van der Waals surface area contributed by atoms with E-state index in [1.807, 2.05) is 52.9 Å². The van der Waals surface area contributed by atoms with Crippen molar-refractivity contribution in [3.8, 4) is 0 Å². The van der Waals surface area contributed by atoms with Crippen LogP contribution in [0.2, 0.25) is 0 Å². The van der Waals surface area contributed by atoms with Gasteiger partial charge in [-0.1, -0.05) is 30.3 Å². The molecule has 3 heterocycles. The molecular formula is C17H17IN2O5. The van der Waals surface area contributed by atoms with Crippen LogP contribution in [0.25, 0.3) is 0 Å². The Bertz CT molecular complexity index is 865. The van der Waals surface area contributed by atoms with E-state index in [2.05, 4.69) is 4.98 Å². The first-order valence-corrected chi connectivity index (χ1v) is 9.14. The second-order valence-corrected chi connectivity index (χ2v) is 7.32. The number of nitrogens with zero attached hydrogens (tertiary/aromatic N) is 1. The average Bonchev–Trinajstić information content (AvgIpc) is 2.64. The maximum atomic E-state index is 12.1. The van der Waals surface area contributed by atoms with Gasteiger partial charge < -0.3 is 14.2 Å². The molecule has 7 nitrogen and oxygen atoms in total. The molecule has 8 heteroatoms. The van der Waals surface area contributed by atoms with Crippen molar-refractivity contribution in [1.82, 2.24) is 9.55 Å². The lowest BCUT2D eigenvalue weighted by Gasteiger charge is -2.42. The van der Waals surface area contributed by atoms with Gasteiger partial charge in [0.1, 0.15) is 6.10 Å². The SMILES string of the molecule is O=c1[nH]c(=O)n(C2COC3COC(c4ccccc4)OC3C2)cc1I. The molecule has 4 atom stereocenters. The topological polar surface area (TPSA) is 82.6 Å². The van der Waals surface area contributed by atoms with Gasteiger partial charge in [0, 0.05) is 11.8 Å². The van der Waals surface area contributed by atoms with Crippen molar-refractivity contribution in [1.29, 1.82) is 0 Å². The van der Waals surface area contributed by atoms with Crippen molar-refractivity contribution in [3.63, 3.8) is 0 Å². The fourth-order valence-corrected chi connectivity index (χ4v) is 3.65. The zero-order valence-electron chi connectivity index (χ0n) is 13.3. The summed E-state index contributed by atoms with van der Waals surface area (Å²) < 4.78 is 19.7. The van der Waals surface area contributed by atoms with Gasteiger partial charge in [0.15, 0.2) is 6.29 Å². The van der Waals surface area contributed by atoms with Crippen LogP contribution in [0.1, 0.15) is 24.3 Å². The number of ether oxygens (including phenoxy) is 3. The molecule has 2 fully saturated rings. The number of H-pyrrole nitrogens is 1. The molecule has 2 aromatic rings. The van der Waals surface area contributed by atoms with Crippen LogP contribution in [0, 0.1) is 3.57 Å². The van der Waals surface area contributed by atoms with Gasteiger partial charge in [-0.2, -0.15) is 0 Å². The van der Waals surface area contributed by atoms with E-state index in [0.717, 1.165) is 5.56 Å². The summed E-state index contributed by atoms with van der Waals surface area (Å²) in [5.41, 5.74) is 0.158. The normalized spacial score (nSPS) is 29.2. The Morgan fingerprint density at radius 3 is 2.68 bits per heavy atom. The molecular weight excluding hydrogens is 439 g/mol. The van der Waals surface area contributed by atoms with E-state index in [1.165, 1.54) is 4.57 Å². The standard InChI is InChI=1S/C17H17IN2O5/c18-12-7-20(17(22)19-15(12)21)11-6-13-14(23-8-11)9-24-16(25-13)10-4-2-1-3-5-10/h1-5,7,11,13-14,16H,6,8-9H2,(H,19,21,22). The van der Waals surface area contributed by atoms with Crippen molar-refractivity contribution in [3.05, 3.63) is 66.5 Å². The number of fused-ring (bicyclic) bond motifs is 1. The molecule has 0 spiro atoms. The van der Waals surface area contributed by atoms with Gasteiger partial charge in [0.25, 0.3) is 5.56 Å². The summed E-state index contributed by atoms with van der Waals surface area (Å²) in [7, 11) is 0. The van der Waals surface area contributed by atoms with E-state index in [0.29, 0.717) is 23.2 Å². The van der Waals surface area contributed by atoms with Crippen molar-refractivity contribution in [2.45, 2.75) is 31.0 Å². The molecule has 132 valence electrons. The van der Waals surface area contributed by atoms with Crippen molar-refractivity contribution in [2.75, 3.05) is 13.2 Å². The predicted molar refractivity (Wildman–Crippen MR) is 97.4 cm³/mol. The predicted octanol–water partition coefficient (Wildman–Crippen LogP) is 1.59. The minimum Gasteiger partial charge on any atom is -0.371 e. The van der Waals surface area contributed by atoms with E-state index in [-0.39, 0.29) is 23.8 Å². The first-order chi connectivity index (χ1) is 12.1. The highest BCUT2D eigenvalue weighted by Crippen LogP contribution is 2.34. The third-order valence-corrected chi connectivity index (χ3v) is 5.29. The Kier molecular flexibility index (Phi) is 4.76. The molecule has 1 aromatic heterocycles. The lowest BCUT2D eigenvalue weighted by molar-refractivity contribution is -0.282. The summed E-state index contributed by atoms with van der Waals surface area (Å²) >= 11 is 1.92. The van der Waals surface area contributed by atoms with Gasteiger partial charge in [0.05, 0.1) is 28.9 Å². The van der Waals surface area contributed by atoms with Crippen LogP contribution in [-0.4, -0.2) is 35.0 Å². The van der Waals surface area contributed by atoms with Gasteiger partial charge in [-0.05, 0) is 29.0 Å². The maximum absolute atomic E-state index is 12.1. The Morgan fingerprint density at radius 2 is 1.88 bits per heavy atom. The van der Waals surface area contributed by atoms with E-state index >= 15 is 0 Å². The summed E-state index contributed by atoms with van der Waals surface area (Å²) in [5.74, 6) is 0. The molecule has 4 rings (SSSR count). The quantitative estimate of drug-likeness (QED) is 0.695. The minimum absolute atomic E-state index is 0.145. The van der Waals surface area contributed by atoms with Crippen LogP contribution in [0.15, 0.2) is 46.1 Å². The Hall–Kier alpha value is -1.49. The first kappa shape index (κ1) is 17.0. The first-order valence-electron chi connectivity index (χ1n) is 8.06.